The highest BCUT2D eigenvalue weighted by Crippen LogP contribution is 2.20. The van der Waals surface area contributed by atoms with E-state index in [1.165, 1.54) is 24.9 Å². The van der Waals surface area contributed by atoms with E-state index in [0.29, 0.717) is 12.1 Å². The smallest absolute Gasteiger partial charge is 0.128 e. The van der Waals surface area contributed by atoms with E-state index < -0.39 is 0 Å². The predicted molar refractivity (Wildman–Crippen MR) is 89.9 cm³/mol. The fourth-order valence-corrected chi connectivity index (χ4v) is 3.23. The number of rotatable bonds is 7. The largest absolute Gasteiger partial charge is 0.358 e. The molecule has 2 atom stereocenters. The van der Waals surface area contributed by atoms with Gasteiger partial charge in [0, 0.05) is 31.9 Å². The molecule has 2 unspecified atom stereocenters. The van der Waals surface area contributed by atoms with Gasteiger partial charge in [-0.15, -0.1) is 0 Å². The highest BCUT2D eigenvalue weighted by atomic mass is 15.2. The summed E-state index contributed by atoms with van der Waals surface area (Å²) < 4.78 is 0. The SMILES string of the molecule is CCNC(C)c1ccc(N(C)CC2CCCN2CC)nc1. The predicted octanol–water partition coefficient (Wildman–Crippen LogP) is 2.67. The van der Waals surface area contributed by atoms with Gasteiger partial charge >= 0.3 is 0 Å². The molecule has 1 aliphatic heterocycles. The van der Waals surface area contributed by atoms with Crippen LogP contribution in [-0.4, -0.2) is 49.2 Å². The average molecular weight is 290 g/mol. The Hall–Kier alpha value is -1.13. The molecular weight excluding hydrogens is 260 g/mol. The number of anilines is 1. The molecular formula is C17H30N4. The van der Waals surface area contributed by atoms with Crippen molar-refractivity contribution in [1.29, 1.82) is 0 Å². The fourth-order valence-electron chi connectivity index (χ4n) is 3.23. The van der Waals surface area contributed by atoms with Crippen LogP contribution < -0.4 is 10.2 Å². The van der Waals surface area contributed by atoms with Crippen LogP contribution >= 0.6 is 0 Å². The second kappa shape index (κ2) is 7.76. The van der Waals surface area contributed by atoms with Crippen LogP contribution in [0.15, 0.2) is 18.3 Å². The molecule has 0 bridgehead atoms. The average Bonchev–Trinajstić information content (AvgIpc) is 2.94. The molecule has 0 amide bonds. The number of nitrogens with one attached hydrogen (secondary N) is 1. The summed E-state index contributed by atoms with van der Waals surface area (Å²) in [6, 6.07) is 5.39. The number of nitrogens with zero attached hydrogens (tertiary/aromatic N) is 3. The lowest BCUT2D eigenvalue weighted by Gasteiger charge is -2.28. The van der Waals surface area contributed by atoms with E-state index in [1.54, 1.807) is 0 Å². The minimum absolute atomic E-state index is 0.368. The van der Waals surface area contributed by atoms with Crippen LogP contribution in [0.5, 0.6) is 0 Å². The van der Waals surface area contributed by atoms with E-state index in [1.807, 2.05) is 6.20 Å². The first-order valence-electron chi connectivity index (χ1n) is 8.30. The molecule has 1 aliphatic rings. The maximum atomic E-state index is 4.64. The molecule has 2 rings (SSSR count). The molecule has 0 saturated carbocycles. The highest BCUT2D eigenvalue weighted by molar-refractivity contribution is 5.39. The van der Waals surface area contributed by atoms with E-state index in [0.717, 1.165) is 25.5 Å². The lowest BCUT2D eigenvalue weighted by molar-refractivity contribution is 0.270. The topological polar surface area (TPSA) is 31.4 Å². The van der Waals surface area contributed by atoms with Crippen molar-refractivity contribution in [2.45, 2.75) is 45.7 Å². The van der Waals surface area contributed by atoms with Crippen molar-refractivity contribution in [3.63, 3.8) is 0 Å². The van der Waals surface area contributed by atoms with E-state index in [-0.39, 0.29) is 0 Å². The molecule has 118 valence electrons. The summed E-state index contributed by atoms with van der Waals surface area (Å²) in [5.41, 5.74) is 1.25. The lowest BCUT2D eigenvalue weighted by atomic mass is 10.1. The zero-order valence-corrected chi connectivity index (χ0v) is 14.0. The van der Waals surface area contributed by atoms with Gasteiger partial charge in [-0.1, -0.05) is 19.9 Å². The lowest BCUT2D eigenvalue weighted by Crippen LogP contribution is -2.39. The van der Waals surface area contributed by atoms with Crippen molar-refractivity contribution in [2.24, 2.45) is 0 Å². The Balaban J connectivity index is 1.94. The molecule has 21 heavy (non-hydrogen) atoms. The first-order valence-corrected chi connectivity index (χ1v) is 8.30. The van der Waals surface area contributed by atoms with Crippen LogP contribution in [0.3, 0.4) is 0 Å². The molecule has 0 radical (unpaired) electrons. The summed E-state index contributed by atoms with van der Waals surface area (Å²) in [6.07, 6.45) is 4.65. The quantitative estimate of drug-likeness (QED) is 0.836. The molecule has 2 heterocycles. The van der Waals surface area contributed by atoms with E-state index in [4.69, 9.17) is 0 Å². The van der Waals surface area contributed by atoms with Crippen molar-refractivity contribution in [3.05, 3.63) is 23.9 Å². The molecule has 1 aromatic rings. The van der Waals surface area contributed by atoms with Crippen LogP contribution in [0.1, 0.15) is 45.2 Å². The van der Waals surface area contributed by atoms with Crippen molar-refractivity contribution in [1.82, 2.24) is 15.2 Å². The normalized spacial score (nSPS) is 20.7. The van der Waals surface area contributed by atoms with Gasteiger partial charge in [0.1, 0.15) is 5.82 Å². The molecule has 0 spiro atoms. The second-order valence-corrected chi connectivity index (χ2v) is 6.03. The van der Waals surface area contributed by atoms with Gasteiger partial charge in [-0.2, -0.15) is 0 Å². The molecule has 1 aromatic heterocycles. The number of pyridine rings is 1. The summed E-state index contributed by atoms with van der Waals surface area (Å²) in [5.74, 6) is 1.07. The van der Waals surface area contributed by atoms with Gasteiger partial charge < -0.3 is 10.2 Å². The first kappa shape index (κ1) is 16.2. The number of hydrogen-bond donors (Lipinski definition) is 1. The van der Waals surface area contributed by atoms with Gasteiger partial charge in [-0.3, -0.25) is 4.90 Å². The number of hydrogen-bond acceptors (Lipinski definition) is 4. The first-order chi connectivity index (χ1) is 10.2. The van der Waals surface area contributed by atoms with Gasteiger partial charge in [-0.25, -0.2) is 4.98 Å². The highest BCUT2D eigenvalue weighted by Gasteiger charge is 2.24. The summed E-state index contributed by atoms with van der Waals surface area (Å²) in [7, 11) is 2.15. The maximum Gasteiger partial charge on any atom is 0.128 e. The van der Waals surface area contributed by atoms with E-state index >= 15 is 0 Å². The van der Waals surface area contributed by atoms with Crippen LogP contribution in [0.4, 0.5) is 5.82 Å². The minimum Gasteiger partial charge on any atom is -0.358 e. The zero-order valence-electron chi connectivity index (χ0n) is 14.0. The third kappa shape index (κ3) is 4.17. The van der Waals surface area contributed by atoms with Crippen molar-refractivity contribution < 1.29 is 0 Å². The van der Waals surface area contributed by atoms with Crippen molar-refractivity contribution in [2.75, 3.05) is 38.1 Å². The summed E-state index contributed by atoms with van der Waals surface area (Å²) in [5, 5.41) is 3.42. The maximum absolute atomic E-state index is 4.64. The second-order valence-electron chi connectivity index (χ2n) is 6.03. The van der Waals surface area contributed by atoms with Crippen LogP contribution in [0, 0.1) is 0 Å². The molecule has 0 aromatic carbocycles. The van der Waals surface area contributed by atoms with E-state index in [9.17, 15) is 0 Å². The summed E-state index contributed by atoms with van der Waals surface area (Å²) in [4.78, 5) is 9.52. The Morgan fingerprint density at radius 3 is 2.86 bits per heavy atom. The van der Waals surface area contributed by atoms with Gasteiger partial charge in [0.25, 0.3) is 0 Å². The van der Waals surface area contributed by atoms with Gasteiger partial charge in [0.15, 0.2) is 0 Å². The molecule has 1 fully saturated rings. The molecule has 4 heteroatoms. The molecule has 1 saturated heterocycles. The zero-order chi connectivity index (χ0) is 15.2. The summed E-state index contributed by atoms with van der Waals surface area (Å²) >= 11 is 0. The number of likely N-dealkylation sites (N-methyl/N-ethyl adjacent to an activating group) is 2. The molecule has 0 aliphatic carbocycles. The third-order valence-electron chi connectivity index (χ3n) is 4.56. The number of likely N-dealkylation sites (tertiary alicyclic amines) is 1. The molecule has 4 nitrogen and oxygen atoms in total. The minimum atomic E-state index is 0.368. The monoisotopic (exact) mass is 290 g/mol. The van der Waals surface area contributed by atoms with E-state index in [2.05, 4.69) is 60.1 Å². The Morgan fingerprint density at radius 1 is 1.43 bits per heavy atom. The fraction of sp³-hybridized carbons (Fsp3) is 0.706. The van der Waals surface area contributed by atoms with Crippen LogP contribution in [-0.2, 0) is 0 Å². The molecule has 1 N–H and O–H groups in total. The van der Waals surface area contributed by atoms with Gasteiger partial charge in [0.2, 0.25) is 0 Å². The Kier molecular flexibility index (Phi) is 6.00. The van der Waals surface area contributed by atoms with Crippen molar-refractivity contribution in [3.8, 4) is 0 Å². The van der Waals surface area contributed by atoms with Crippen LogP contribution in [0.2, 0.25) is 0 Å². The Bertz CT molecular complexity index is 417. The Morgan fingerprint density at radius 2 is 2.24 bits per heavy atom. The number of aromatic nitrogens is 1. The van der Waals surface area contributed by atoms with Crippen molar-refractivity contribution >= 4 is 5.82 Å². The third-order valence-corrected chi connectivity index (χ3v) is 4.56. The standard InChI is InChI=1S/C17H30N4/c1-5-18-14(3)15-9-10-17(19-12-15)20(4)13-16-8-7-11-21(16)6-2/h9-10,12,14,16,18H,5-8,11,13H2,1-4H3. The summed E-state index contributed by atoms with van der Waals surface area (Å²) in [6.45, 7) is 11.0. The van der Waals surface area contributed by atoms with Gasteiger partial charge in [0.05, 0.1) is 0 Å². The Labute approximate surface area is 129 Å². The van der Waals surface area contributed by atoms with Crippen LogP contribution in [0.25, 0.3) is 0 Å². The van der Waals surface area contributed by atoms with Gasteiger partial charge in [-0.05, 0) is 51.0 Å².